The summed E-state index contributed by atoms with van der Waals surface area (Å²) in [5, 5.41) is 2.78. The maximum absolute atomic E-state index is 12.1. The Hall–Kier alpha value is -1.59. The van der Waals surface area contributed by atoms with Gasteiger partial charge in [0.2, 0.25) is 0 Å². The molecule has 1 heterocycles. The summed E-state index contributed by atoms with van der Waals surface area (Å²) in [5.41, 5.74) is 1.07. The molecule has 5 heteroatoms. The maximum Gasteiger partial charge on any atom is 0.265 e. The minimum absolute atomic E-state index is 0.158. The SMILES string of the molecule is C=C(Br)CNC(=O)c1sc(-c2ccccc2)cc1OC. The van der Waals surface area contributed by atoms with Gasteiger partial charge in [0.1, 0.15) is 10.6 Å². The van der Waals surface area contributed by atoms with E-state index in [1.54, 1.807) is 7.11 Å². The number of halogens is 1. The van der Waals surface area contributed by atoms with Crippen LogP contribution in [-0.2, 0) is 0 Å². The largest absolute Gasteiger partial charge is 0.495 e. The van der Waals surface area contributed by atoms with Gasteiger partial charge >= 0.3 is 0 Å². The van der Waals surface area contributed by atoms with Crippen LogP contribution in [0.25, 0.3) is 10.4 Å². The van der Waals surface area contributed by atoms with E-state index >= 15 is 0 Å². The fraction of sp³-hybridized carbons (Fsp3) is 0.133. The van der Waals surface area contributed by atoms with Gasteiger partial charge in [-0.1, -0.05) is 52.8 Å². The van der Waals surface area contributed by atoms with E-state index in [2.05, 4.69) is 27.8 Å². The molecule has 2 aromatic rings. The van der Waals surface area contributed by atoms with Crippen molar-refractivity contribution < 1.29 is 9.53 Å². The molecule has 0 unspecified atom stereocenters. The average molecular weight is 352 g/mol. The lowest BCUT2D eigenvalue weighted by Gasteiger charge is -2.03. The molecule has 0 saturated heterocycles. The van der Waals surface area contributed by atoms with Crippen LogP contribution < -0.4 is 10.1 Å². The van der Waals surface area contributed by atoms with Gasteiger partial charge in [-0.15, -0.1) is 11.3 Å². The number of methoxy groups -OCH3 is 1. The third kappa shape index (κ3) is 3.49. The van der Waals surface area contributed by atoms with Crippen LogP contribution in [0.3, 0.4) is 0 Å². The van der Waals surface area contributed by atoms with Gasteiger partial charge < -0.3 is 10.1 Å². The van der Waals surface area contributed by atoms with Crippen molar-refractivity contribution in [1.29, 1.82) is 0 Å². The molecule has 0 aliphatic carbocycles. The van der Waals surface area contributed by atoms with Crippen LogP contribution in [0, 0.1) is 0 Å². The van der Waals surface area contributed by atoms with Crippen molar-refractivity contribution in [2.24, 2.45) is 0 Å². The van der Waals surface area contributed by atoms with Gasteiger partial charge in [0, 0.05) is 15.9 Å². The summed E-state index contributed by atoms with van der Waals surface area (Å²) in [6, 6.07) is 11.8. The molecule has 1 N–H and O–H groups in total. The van der Waals surface area contributed by atoms with Gasteiger partial charge in [0.05, 0.1) is 7.11 Å². The number of ether oxygens (including phenoxy) is 1. The molecule has 0 atom stereocenters. The van der Waals surface area contributed by atoms with Crippen LogP contribution >= 0.6 is 27.3 Å². The van der Waals surface area contributed by atoms with E-state index in [1.807, 2.05) is 36.4 Å². The first-order valence-electron chi connectivity index (χ1n) is 5.96. The fourth-order valence-electron chi connectivity index (χ4n) is 1.69. The van der Waals surface area contributed by atoms with Crippen LogP contribution in [-0.4, -0.2) is 19.6 Å². The summed E-state index contributed by atoms with van der Waals surface area (Å²) in [5.74, 6) is 0.432. The number of hydrogen-bond donors (Lipinski definition) is 1. The molecule has 0 aliphatic heterocycles. The number of thiophene rings is 1. The fourth-order valence-corrected chi connectivity index (χ4v) is 2.87. The topological polar surface area (TPSA) is 38.3 Å². The Morgan fingerprint density at radius 1 is 1.40 bits per heavy atom. The van der Waals surface area contributed by atoms with E-state index in [0.29, 0.717) is 17.2 Å². The van der Waals surface area contributed by atoms with Crippen molar-refractivity contribution in [3.63, 3.8) is 0 Å². The monoisotopic (exact) mass is 351 g/mol. The molecular weight excluding hydrogens is 338 g/mol. The Bertz CT molecular complexity index is 622. The molecule has 0 saturated carbocycles. The van der Waals surface area contributed by atoms with E-state index in [0.717, 1.165) is 14.9 Å². The normalized spacial score (nSPS) is 10.1. The van der Waals surface area contributed by atoms with Gasteiger partial charge in [-0.3, -0.25) is 4.79 Å². The van der Waals surface area contributed by atoms with Crippen LogP contribution in [0.2, 0.25) is 0 Å². The summed E-state index contributed by atoms with van der Waals surface area (Å²) < 4.78 is 6.02. The van der Waals surface area contributed by atoms with Gasteiger partial charge in [-0.2, -0.15) is 0 Å². The second kappa shape index (κ2) is 6.72. The van der Waals surface area contributed by atoms with E-state index < -0.39 is 0 Å². The Kier molecular flexibility index (Phi) is 4.98. The zero-order valence-electron chi connectivity index (χ0n) is 11.0. The van der Waals surface area contributed by atoms with Crippen molar-refractivity contribution >= 4 is 33.2 Å². The molecular formula is C15H14BrNO2S. The zero-order valence-corrected chi connectivity index (χ0v) is 13.4. The second-order valence-corrected chi connectivity index (χ2v) is 6.25. The summed E-state index contributed by atoms with van der Waals surface area (Å²) in [4.78, 5) is 13.7. The standard InChI is InChI=1S/C15H14BrNO2S/c1-10(16)9-17-15(18)14-12(19-2)8-13(20-14)11-6-4-3-5-7-11/h3-8H,1,9H2,2H3,(H,17,18). The Balaban J connectivity index is 2.27. The number of nitrogens with one attached hydrogen (secondary N) is 1. The third-order valence-electron chi connectivity index (χ3n) is 2.62. The Labute approximate surface area is 130 Å². The van der Waals surface area contributed by atoms with Crippen LogP contribution in [0.15, 0.2) is 47.5 Å². The zero-order chi connectivity index (χ0) is 14.5. The number of hydrogen-bond acceptors (Lipinski definition) is 3. The van der Waals surface area contributed by atoms with Crippen molar-refractivity contribution in [3.05, 3.63) is 52.3 Å². The first-order chi connectivity index (χ1) is 9.61. The summed E-state index contributed by atoms with van der Waals surface area (Å²) in [6.45, 7) is 4.08. The molecule has 1 aromatic carbocycles. The summed E-state index contributed by atoms with van der Waals surface area (Å²) in [6.07, 6.45) is 0. The lowest BCUT2D eigenvalue weighted by molar-refractivity contribution is 0.0959. The third-order valence-corrected chi connectivity index (χ3v) is 4.07. The van der Waals surface area contributed by atoms with Gasteiger partial charge in [-0.05, 0) is 11.6 Å². The molecule has 2 rings (SSSR count). The van der Waals surface area contributed by atoms with Crippen LogP contribution in [0.5, 0.6) is 5.75 Å². The van der Waals surface area contributed by atoms with E-state index in [9.17, 15) is 4.79 Å². The summed E-state index contributed by atoms with van der Waals surface area (Å²) >= 11 is 4.63. The quantitative estimate of drug-likeness (QED) is 0.881. The molecule has 0 fully saturated rings. The molecule has 1 aromatic heterocycles. The number of benzene rings is 1. The molecule has 20 heavy (non-hydrogen) atoms. The minimum atomic E-state index is -0.158. The first-order valence-corrected chi connectivity index (χ1v) is 7.57. The first kappa shape index (κ1) is 14.8. The smallest absolute Gasteiger partial charge is 0.265 e. The lowest BCUT2D eigenvalue weighted by atomic mass is 10.2. The molecule has 104 valence electrons. The molecule has 0 spiro atoms. The molecule has 0 radical (unpaired) electrons. The lowest BCUT2D eigenvalue weighted by Crippen LogP contribution is -2.23. The van der Waals surface area contributed by atoms with Crippen molar-refractivity contribution in [2.75, 3.05) is 13.7 Å². The molecule has 1 amide bonds. The minimum Gasteiger partial charge on any atom is -0.495 e. The van der Waals surface area contributed by atoms with Crippen LogP contribution in [0.4, 0.5) is 0 Å². The predicted molar refractivity (Wildman–Crippen MR) is 86.7 cm³/mol. The highest BCUT2D eigenvalue weighted by molar-refractivity contribution is 9.11. The van der Waals surface area contributed by atoms with Gasteiger partial charge in [-0.25, -0.2) is 0 Å². The van der Waals surface area contributed by atoms with Gasteiger partial charge in [0.25, 0.3) is 5.91 Å². The van der Waals surface area contributed by atoms with E-state index in [1.165, 1.54) is 11.3 Å². The Morgan fingerprint density at radius 2 is 2.10 bits per heavy atom. The maximum atomic E-state index is 12.1. The molecule has 0 aliphatic rings. The number of amides is 1. The van der Waals surface area contributed by atoms with Crippen molar-refractivity contribution in [2.45, 2.75) is 0 Å². The summed E-state index contributed by atoms with van der Waals surface area (Å²) in [7, 11) is 1.57. The molecule has 0 bridgehead atoms. The number of rotatable bonds is 5. The van der Waals surface area contributed by atoms with E-state index in [-0.39, 0.29) is 5.91 Å². The number of carbonyl (C=O) groups is 1. The van der Waals surface area contributed by atoms with Gasteiger partial charge in [0.15, 0.2) is 0 Å². The number of carbonyl (C=O) groups excluding carboxylic acids is 1. The molecule has 3 nitrogen and oxygen atoms in total. The second-order valence-electron chi connectivity index (χ2n) is 4.07. The van der Waals surface area contributed by atoms with Crippen LogP contribution in [0.1, 0.15) is 9.67 Å². The predicted octanol–water partition coefficient (Wildman–Crippen LogP) is 4.06. The average Bonchev–Trinajstić information content (AvgIpc) is 2.90. The Morgan fingerprint density at radius 3 is 2.70 bits per heavy atom. The highest BCUT2D eigenvalue weighted by Gasteiger charge is 2.17. The highest BCUT2D eigenvalue weighted by Crippen LogP contribution is 2.36. The highest BCUT2D eigenvalue weighted by atomic mass is 79.9. The van der Waals surface area contributed by atoms with Crippen molar-refractivity contribution in [1.82, 2.24) is 5.32 Å². The van der Waals surface area contributed by atoms with E-state index in [4.69, 9.17) is 4.74 Å². The van der Waals surface area contributed by atoms with Crippen molar-refractivity contribution in [3.8, 4) is 16.2 Å².